The third-order valence-corrected chi connectivity index (χ3v) is 4.80. The first-order valence-corrected chi connectivity index (χ1v) is 9.63. The molecule has 1 N–H and O–H groups in total. The molecule has 0 saturated carbocycles. The minimum Gasteiger partial charge on any atom is -0.289 e. The highest BCUT2D eigenvalue weighted by Crippen LogP contribution is 2.31. The largest absolute Gasteiger partial charge is 0.289 e. The molecule has 4 nitrogen and oxygen atoms in total. The Balaban J connectivity index is 2.00. The summed E-state index contributed by atoms with van der Waals surface area (Å²) in [5.41, 5.74) is 3.46. The molecule has 0 fully saturated rings. The van der Waals surface area contributed by atoms with Gasteiger partial charge in [0, 0.05) is 0 Å². The number of amides is 1. The molecule has 1 amide bonds. The molecule has 23 heavy (non-hydrogen) atoms. The van der Waals surface area contributed by atoms with Crippen molar-refractivity contribution < 1.29 is 4.79 Å². The topological polar surface area (TPSA) is 44.7 Å². The van der Waals surface area contributed by atoms with E-state index in [2.05, 4.69) is 12.3 Å². The number of para-hydroxylation sites is 1. The van der Waals surface area contributed by atoms with Gasteiger partial charge in [0.2, 0.25) is 0 Å². The van der Waals surface area contributed by atoms with E-state index in [9.17, 15) is 4.79 Å². The Morgan fingerprint density at radius 3 is 2.52 bits per heavy atom. The number of benzene rings is 1. The Bertz CT molecular complexity index is 546. The molecule has 1 aliphatic rings. The lowest BCUT2D eigenvalue weighted by atomic mass is 9.94. The number of nitrogens with one attached hydrogen (secondary N) is 1. The normalized spacial score (nSPS) is 20.7. The zero-order valence-electron chi connectivity index (χ0n) is 14.3. The van der Waals surface area contributed by atoms with Crippen molar-refractivity contribution in [1.82, 2.24) is 5.01 Å². The molecule has 0 radical (unpaired) electrons. The lowest BCUT2D eigenvalue weighted by Crippen LogP contribution is -2.43. The van der Waals surface area contributed by atoms with Gasteiger partial charge >= 0.3 is 0 Å². The minimum absolute atomic E-state index is 0.0428. The van der Waals surface area contributed by atoms with E-state index in [1.54, 1.807) is 5.01 Å². The predicted molar refractivity (Wildman–Crippen MR) is 99.6 cm³/mol. The maximum atomic E-state index is 12.9. The summed E-state index contributed by atoms with van der Waals surface area (Å²) in [5.74, 6) is 0.0428. The van der Waals surface area contributed by atoms with Crippen molar-refractivity contribution >= 4 is 28.5 Å². The number of amidine groups is 1. The van der Waals surface area contributed by atoms with Gasteiger partial charge in [-0.25, -0.2) is 4.99 Å². The molecule has 2 rings (SSSR count). The van der Waals surface area contributed by atoms with Crippen LogP contribution in [0.5, 0.6) is 0 Å². The summed E-state index contributed by atoms with van der Waals surface area (Å²) in [6.07, 6.45) is 8.74. The van der Waals surface area contributed by atoms with Gasteiger partial charge < -0.3 is 0 Å². The third-order valence-electron chi connectivity index (χ3n) is 4.16. The zero-order chi connectivity index (χ0) is 16.7. The number of hydrogen-bond donors (Lipinski definition) is 1. The van der Waals surface area contributed by atoms with Crippen LogP contribution in [0.25, 0.3) is 0 Å². The fraction of sp³-hybridized carbons (Fsp3) is 0.556. The van der Waals surface area contributed by atoms with E-state index in [1.165, 1.54) is 37.4 Å². The summed E-state index contributed by atoms with van der Waals surface area (Å²) >= 11 is 1.51. The molecule has 0 aliphatic carbocycles. The molecule has 1 aromatic rings. The molecule has 1 unspecified atom stereocenters. The van der Waals surface area contributed by atoms with Crippen LogP contribution in [0.3, 0.4) is 0 Å². The SMILES string of the molecule is CCCCCCCC1(C)N=C(SC)N(Nc2ccccc2)C1=O. The predicted octanol–water partition coefficient (Wildman–Crippen LogP) is 4.69. The number of hydrazine groups is 1. The van der Waals surface area contributed by atoms with Crippen molar-refractivity contribution in [2.45, 2.75) is 57.9 Å². The van der Waals surface area contributed by atoms with Crippen molar-refractivity contribution in [2.75, 3.05) is 11.7 Å². The molecular weight excluding hydrogens is 306 g/mol. The van der Waals surface area contributed by atoms with Crippen molar-refractivity contribution in [3.05, 3.63) is 30.3 Å². The number of unbranched alkanes of at least 4 members (excludes halogenated alkanes) is 4. The Kier molecular flexibility index (Phi) is 6.51. The first-order valence-electron chi connectivity index (χ1n) is 8.41. The maximum Gasteiger partial charge on any atom is 0.275 e. The van der Waals surface area contributed by atoms with Crippen LogP contribution >= 0.6 is 11.8 Å². The van der Waals surface area contributed by atoms with Crippen molar-refractivity contribution in [3.8, 4) is 0 Å². The Labute approximate surface area is 143 Å². The summed E-state index contributed by atoms with van der Waals surface area (Å²) < 4.78 is 0. The van der Waals surface area contributed by atoms with E-state index in [4.69, 9.17) is 4.99 Å². The molecule has 0 bridgehead atoms. The number of thioether (sulfide) groups is 1. The van der Waals surface area contributed by atoms with Gasteiger partial charge in [0.15, 0.2) is 5.17 Å². The van der Waals surface area contributed by atoms with Gasteiger partial charge in [0.05, 0.1) is 5.69 Å². The molecule has 0 saturated heterocycles. The van der Waals surface area contributed by atoms with E-state index in [0.717, 1.165) is 23.7 Å². The molecular formula is C18H27N3OS. The van der Waals surface area contributed by atoms with E-state index >= 15 is 0 Å². The molecule has 126 valence electrons. The van der Waals surface area contributed by atoms with Crippen LogP contribution in [-0.4, -0.2) is 27.9 Å². The Morgan fingerprint density at radius 1 is 1.17 bits per heavy atom. The number of carbonyl (C=O) groups is 1. The van der Waals surface area contributed by atoms with Gasteiger partial charge in [-0.3, -0.25) is 10.2 Å². The summed E-state index contributed by atoms with van der Waals surface area (Å²) in [6, 6.07) is 9.76. The van der Waals surface area contributed by atoms with Gasteiger partial charge in [0.1, 0.15) is 5.54 Å². The highest BCUT2D eigenvalue weighted by atomic mass is 32.2. The molecule has 1 aromatic carbocycles. The number of hydrogen-bond acceptors (Lipinski definition) is 4. The van der Waals surface area contributed by atoms with E-state index in [0.29, 0.717) is 0 Å². The quantitative estimate of drug-likeness (QED) is 0.702. The maximum absolute atomic E-state index is 12.9. The van der Waals surface area contributed by atoms with Gasteiger partial charge in [0.25, 0.3) is 5.91 Å². The molecule has 0 aromatic heterocycles. The third kappa shape index (κ3) is 4.50. The zero-order valence-corrected chi connectivity index (χ0v) is 15.2. The van der Waals surface area contributed by atoms with Crippen LogP contribution in [0, 0.1) is 0 Å². The van der Waals surface area contributed by atoms with Gasteiger partial charge in [-0.1, -0.05) is 69.0 Å². The summed E-state index contributed by atoms with van der Waals surface area (Å²) in [4.78, 5) is 17.6. The first-order chi connectivity index (χ1) is 11.1. The van der Waals surface area contributed by atoms with Gasteiger partial charge in [-0.05, 0) is 31.7 Å². The second-order valence-corrected chi connectivity index (χ2v) is 6.93. The summed E-state index contributed by atoms with van der Waals surface area (Å²) in [7, 11) is 0. The van der Waals surface area contributed by atoms with E-state index in [1.807, 2.05) is 43.5 Å². The van der Waals surface area contributed by atoms with E-state index in [-0.39, 0.29) is 5.91 Å². The lowest BCUT2D eigenvalue weighted by Gasteiger charge is -2.23. The summed E-state index contributed by atoms with van der Waals surface area (Å²) in [5, 5.41) is 2.35. The first kappa shape index (κ1) is 17.9. The van der Waals surface area contributed by atoms with E-state index < -0.39 is 5.54 Å². The highest BCUT2D eigenvalue weighted by molar-refractivity contribution is 8.13. The van der Waals surface area contributed by atoms with Crippen LogP contribution in [0.1, 0.15) is 52.4 Å². The Hall–Kier alpha value is -1.49. The Morgan fingerprint density at radius 2 is 1.87 bits per heavy atom. The van der Waals surface area contributed by atoms with Gasteiger partial charge in [-0.15, -0.1) is 0 Å². The van der Waals surface area contributed by atoms with Crippen LogP contribution in [0.4, 0.5) is 5.69 Å². The summed E-state index contributed by atoms with van der Waals surface area (Å²) in [6.45, 7) is 4.17. The molecule has 1 aliphatic heterocycles. The number of rotatable bonds is 8. The van der Waals surface area contributed by atoms with Crippen LogP contribution in [0.2, 0.25) is 0 Å². The average Bonchev–Trinajstić information content (AvgIpc) is 2.80. The fourth-order valence-electron chi connectivity index (χ4n) is 2.75. The van der Waals surface area contributed by atoms with Crippen LogP contribution in [-0.2, 0) is 4.79 Å². The molecule has 1 atom stereocenters. The van der Waals surface area contributed by atoms with Gasteiger partial charge in [-0.2, -0.15) is 5.01 Å². The van der Waals surface area contributed by atoms with Crippen molar-refractivity contribution in [1.29, 1.82) is 0 Å². The number of aliphatic imine (C=N–C) groups is 1. The fourth-order valence-corrected chi connectivity index (χ4v) is 3.35. The van der Waals surface area contributed by atoms with Crippen LogP contribution < -0.4 is 5.43 Å². The molecule has 1 heterocycles. The van der Waals surface area contributed by atoms with Crippen molar-refractivity contribution in [2.24, 2.45) is 4.99 Å². The second kappa shape index (κ2) is 8.39. The van der Waals surface area contributed by atoms with Crippen LogP contribution in [0.15, 0.2) is 35.3 Å². The number of nitrogens with zero attached hydrogens (tertiary/aromatic N) is 2. The molecule has 5 heteroatoms. The highest BCUT2D eigenvalue weighted by Gasteiger charge is 2.44. The average molecular weight is 334 g/mol. The van der Waals surface area contributed by atoms with Crippen molar-refractivity contribution in [3.63, 3.8) is 0 Å². The number of anilines is 1. The minimum atomic E-state index is -0.633. The monoisotopic (exact) mass is 333 g/mol. The number of carbonyl (C=O) groups excluding carboxylic acids is 1. The molecule has 0 spiro atoms. The standard InChI is InChI=1S/C18H27N3OS/c1-4-5-6-7-11-14-18(2)16(22)21(17(19-18)23-3)20-15-12-9-8-10-13-15/h8-10,12-13,20H,4-7,11,14H2,1-3H3. The lowest BCUT2D eigenvalue weighted by molar-refractivity contribution is -0.129. The smallest absolute Gasteiger partial charge is 0.275 e. The second-order valence-electron chi connectivity index (χ2n) is 6.15.